The maximum Gasteiger partial charge on any atom is 0.338 e. The maximum atomic E-state index is 12.4. The van der Waals surface area contributed by atoms with E-state index in [0.717, 1.165) is 10.4 Å². The molecule has 0 fully saturated rings. The molecule has 0 saturated heterocycles. The molecule has 130 valence electrons. The Kier molecular flexibility index (Phi) is 5.07. The Hall–Kier alpha value is -1.36. The first-order chi connectivity index (χ1) is 10.3. The SMILES string of the molecule is COC(=O)C1=C(C)[Si](C(C)(C)C)(C(C)(C)C)C(C)=C1C(=O)OC. The minimum absolute atomic E-state index is 0.0611. The van der Waals surface area contributed by atoms with Crippen molar-refractivity contribution in [3.8, 4) is 0 Å². The Morgan fingerprint density at radius 3 is 1.17 bits per heavy atom. The molecule has 0 aromatic rings. The smallest absolute Gasteiger partial charge is 0.338 e. The van der Waals surface area contributed by atoms with E-state index in [9.17, 15) is 9.59 Å². The van der Waals surface area contributed by atoms with Gasteiger partial charge in [0.25, 0.3) is 0 Å². The van der Waals surface area contributed by atoms with Gasteiger partial charge in [-0.15, -0.1) is 0 Å². The molecule has 0 saturated carbocycles. The molecular weight excluding hydrogens is 308 g/mol. The molecule has 1 rings (SSSR count). The van der Waals surface area contributed by atoms with Gasteiger partial charge in [0.1, 0.15) is 8.07 Å². The van der Waals surface area contributed by atoms with E-state index < -0.39 is 20.0 Å². The summed E-state index contributed by atoms with van der Waals surface area (Å²) in [7, 11) is 0.331. The van der Waals surface area contributed by atoms with Gasteiger partial charge in [0.15, 0.2) is 0 Å². The predicted molar refractivity (Wildman–Crippen MR) is 94.6 cm³/mol. The third-order valence-electron chi connectivity index (χ3n) is 5.15. The topological polar surface area (TPSA) is 52.6 Å². The molecule has 5 heteroatoms. The van der Waals surface area contributed by atoms with Gasteiger partial charge in [-0.3, -0.25) is 0 Å². The average Bonchev–Trinajstić information content (AvgIpc) is 2.64. The van der Waals surface area contributed by atoms with Crippen molar-refractivity contribution in [2.24, 2.45) is 0 Å². The van der Waals surface area contributed by atoms with Crippen LogP contribution in [0.3, 0.4) is 0 Å². The van der Waals surface area contributed by atoms with Crippen molar-refractivity contribution in [3.63, 3.8) is 0 Å². The van der Waals surface area contributed by atoms with Crippen LogP contribution in [0.25, 0.3) is 0 Å². The Morgan fingerprint density at radius 1 is 0.739 bits per heavy atom. The lowest BCUT2D eigenvalue weighted by Gasteiger charge is -2.52. The van der Waals surface area contributed by atoms with Gasteiger partial charge >= 0.3 is 11.9 Å². The van der Waals surface area contributed by atoms with Crippen LogP contribution >= 0.6 is 0 Å². The molecule has 1 aliphatic heterocycles. The van der Waals surface area contributed by atoms with E-state index >= 15 is 0 Å². The van der Waals surface area contributed by atoms with Gasteiger partial charge in [-0.05, 0) is 23.9 Å². The van der Waals surface area contributed by atoms with Gasteiger partial charge in [0.2, 0.25) is 0 Å². The van der Waals surface area contributed by atoms with Crippen LogP contribution in [0.1, 0.15) is 55.4 Å². The van der Waals surface area contributed by atoms with E-state index in [1.54, 1.807) is 0 Å². The molecule has 0 aliphatic carbocycles. The molecule has 0 aromatic heterocycles. The highest BCUT2D eigenvalue weighted by molar-refractivity contribution is 6.98. The summed E-state index contributed by atoms with van der Waals surface area (Å²) in [4.78, 5) is 24.9. The van der Waals surface area contributed by atoms with Crippen molar-refractivity contribution < 1.29 is 19.1 Å². The summed E-state index contributed by atoms with van der Waals surface area (Å²) in [6, 6.07) is 0. The number of carbonyl (C=O) groups is 2. The molecule has 0 amide bonds. The van der Waals surface area contributed by atoms with Gasteiger partial charge in [-0.2, -0.15) is 0 Å². The molecule has 0 unspecified atom stereocenters. The molecule has 4 nitrogen and oxygen atoms in total. The zero-order chi connectivity index (χ0) is 18.4. The van der Waals surface area contributed by atoms with Crippen LogP contribution in [0, 0.1) is 0 Å². The quantitative estimate of drug-likeness (QED) is 0.562. The van der Waals surface area contributed by atoms with Crippen LogP contribution in [-0.4, -0.2) is 34.2 Å². The lowest BCUT2D eigenvalue weighted by atomic mass is 10.1. The molecular formula is C18H30O4Si. The molecule has 0 atom stereocenters. The minimum Gasteiger partial charge on any atom is -0.465 e. The number of ether oxygens (including phenoxy) is 2. The first-order valence-electron chi connectivity index (χ1n) is 7.88. The predicted octanol–water partition coefficient (Wildman–Crippen LogP) is 4.11. The summed E-state index contributed by atoms with van der Waals surface area (Å²) in [5, 5.41) is 1.91. The number of carbonyl (C=O) groups excluding carboxylic acids is 2. The highest BCUT2D eigenvalue weighted by Crippen LogP contribution is 2.62. The average molecular weight is 339 g/mol. The highest BCUT2D eigenvalue weighted by atomic mass is 28.3. The van der Waals surface area contributed by atoms with Crippen molar-refractivity contribution in [2.75, 3.05) is 14.2 Å². The van der Waals surface area contributed by atoms with Crippen LogP contribution < -0.4 is 0 Å². The summed E-state index contributed by atoms with van der Waals surface area (Å²) >= 11 is 0. The van der Waals surface area contributed by atoms with Crippen molar-refractivity contribution >= 4 is 20.0 Å². The summed E-state index contributed by atoms with van der Waals surface area (Å²) in [6.07, 6.45) is 0. The molecule has 0 radical (unpaired) electrons. The van der Waals surface area contributed by atoms with E-state index in [2.05, 4.69) is 41.5 Å². The van der Waals surface area contributed by atoms with E-state index in [1.165, 1.54) is 14.2 Å². The Bertz CT molecular complexity index is 543. The van der Waals surface area contributed by atoms with Gasteiger partial charge < -0.3 is 9.47 Å². The summed E-state index contributed by atoms with van der Waals surface area (Å²) in [5.74, 6) is -0.907. The van der Waals surface area contributed by atoms with Crippen molar-refractivity contribution in [1.29, 1.82) is 0 Å². The van der Waals surface area contributed by atoms with Crippen LogP contribution in [0.4, 0.5) is 0 Å². The zero-order valence-electron chi connectivity index (χ0n) is 16.1. The lowest BCUT2D eigenvalue weighted by molar-refractivity contribution is -0.139. The fraction of sp³-hybridized carbons (Fsp3) is 0.667. The Balaban J connectivity index is 4.00. The molecule has 0 aromatic carbocycles. The van der Waals surface area contributed by atoms with E-state index in [4.69, 9.17) is 9.47 Å². The lowest BCUT2D eigenvalue weighted by Crippen LogP contribution is -2.53. The third-order valence-corrected chi connectivity index (χ3v) is 12.4. The molecule has 0 N–H and O–H groups in total. The fourth-order valence-electron chi connectivity index (χ4n) is 5.12. The van der Waals surface area contributed by atoms with Gasteiger partial charge in [0, 0.05) is 0 Å². The van der Waals surface area contributed by atoms with E-state index in [-0.39, 0.29) is 10.1 Å². The number of hydrogen-bond donors (Lipinski definition) is 0. The molecule has 0 bridgehead atoms. The van der Waals surface area contributed by atoms with E-state index in [0.29, 0.717) is 11.1 Å². The van der Waals surface area contributed by atoms with Crippen LogP contribution in [0.2, 0.25) is 10.1 Å². The van der Waals surface area contributed by atoms with Gasteiger partial charge in [-0.1, -0.05) is 51.9 Å². The Morgan fingerprint density at radius 2 is 1.00 bits per heavy atom. The number of hydrogen-bond acceptors (Lipinski definition) is 4. The monoisotopic (exact) mass is 338 g/mol. The first kappa shape index (κ1) is 19.7. The number of rotatable bonds is 2. The molecule has 1 aliphatic rings. The second kappa shape index (κ2) is 5.93. The number of esters is 2. The molecule has 0 spiro atoms. The van der Waals surface area contributed by atoms with Crippen LogP contribution in [-0.2, 0) is 19.1 Å². The summed E-state index contributed by atoms with van der Waals surface area (Å²) < 4.78 is 9.96. The van der Waals surface area contributed by atoms with Gasteiger partial charge in [0.05, 0.1) is 25.4 Å². The largest absolute Gasteiger partial charge is 0.465 e. The zero-order valence-corrected chi connectivity index (χ0v) is 17.1. The second-order valence-corrected chi connectivity index (χ2v) is 14.2. The standard InChI is InChI=1S/C18H30O4Si/c1-11-13(15(19)21-9)14(16(20)22-10)12(2)23(11,17(3,4)5)18(6,7)8/h1-10H3. The summed E-state index contributed by atoms with van der Waals surface area (Å²) in [5.41, 5.74) is 0.821. The van der Waals surface area contributed by atoms with Crippen LogP contribution in [0.15, 0.2) is 21.5 Å². The number of methoxy groups -OCH3 is 2. The highest BCUT2D eigenvalue weighted by Gasteiger charge is 2.61. The normalized spacial score (nSPS) is 18.3. The van der Waals surface area contributed by atoms with E-state index in [1.807, 2.05) is 13.8 Å². The minimum atomic E-state index is -2.37. The van der Waals surface area contributed by atoms with Crippen molar-refractivity contribution in [3.05, 3.63) is 21.5 Å². The molecule has 23 heavy (non-hydrogen) atoms. The molecule has 1 heterocycles. The first-order valence-corrected chi connectivity index (χ1v) is 9.88. The third kappa shape index (κ3) is 2.59. The van der Waals surface area contributed by atoms with Crippen LogP contribution in [0.5, 0.6) is 0 Å². The van der Waals surface area contributed by atoms with Gasteiger partial charge in [-0.25, -0.2) is 9.59 Å². The van der Waals surface area contributed by atoms with Crippen molar-refractivity contribution in [2.45, 2.75) is 65.5 Å². The summed E-state index contributed by atoms with van der Waals surface area (Å²) in [6.45, 7) is 17.2. The van der Waals surface area contributed by atoms with Crippen molar-refractivity contribution in [1.82, 2.24) is 0 Å². The second-order valence-electron chi connectivity index (χ2n) is 8.23. The maximum absolute atomic E-state index is 12.4. The number of allylic oxidation sites excluding steroid dienone is 2. The fourth-order valence-corrected chi connectivity index (χ4v) is 13.6. The Labute approximate surface area is 140 Å².